The molecule has 0 aliphatic carbocycles. The standard InChI is InChI=1S/C12H19N3/c1-9-5-7-15(8-6-9)11-4-3-10(2)12(13)14-11/h3-4,9H,5-8H2,1-2H3,(H2,13,14). The van der Waals surface area contributed by atoms with Crippen LogP contribution in [0.3, 0.4) is 0 Å². The normalized spacial score (nSPS) is 18.1. The van der Waals surface area contributed by atoms with E-state index in [2.05, 4.69) is 28.9 Å². The van der Waals surface area contributed by atoms with E-state index in [9.17, 15) is 0 Å². The summed E-state index contributed by atoms with van der Waals surface area (Å²) >= 11 is 0. The number of aromatic nitrogens is 1. The molecule has 1 saturated heterocycles. The van der Waals surface area contributed by atoms with Crippen molar-refractivity contribution in [3.63, 3.8) is 0 Å². The first-order chi connectivity index (χ1) is 7.16. The van der Waals surface area contributed by atoms with Crippen LogP contribution in [-0.4, -0.2) is 18.1 Å². The third-order valence-electron chi connectivity index (χ3n) is 3.23. The molecule has 2 N–H and O–H groups in total. The highest BCUT2D eigenvalue weighted by Gasteiger charge is 2.16. The lowest BCUT2D eigenvalue weighted by Crippen LogP contribution is -2.33. The maximum atomic E-state index is 5.82. The van der Waals surface area contributed by atoms with Crippen LogP contribution in [0, 0.1) is 12.8 Å². The lowest BCUT2D eigenvalue weighted by molar-refractivity contribution is 0.436. The molecular formula is C12H19N3. The molecule has 0 spiro atoms. The second-order valence-corrected chi connectivity index (χ2v) is 4.54. The number of anilines is 2. The molecule has 1 aliphatic heterocycles. The van der Waals surface area contributed by atoms with Gasteiger partial charge in [0.05, 0.1) is 0 Å². The fraction of sp³-hybridized carbons (Fsp3) is 0.583. The van der Waals surface area contributed by atoms with Gasteiger partial charge in [-0.25, -0.2) is 4.98 Å². The van der Waals surface area contributed by atoms with E-state index >= 15 is 0 Å². The monoisotopic (exact) mass is 205 g/mol. The summed E-state index contributed by atoms with van der Waals surface area (Å²) in [6, 6.07) is 4.12. The minimum Gasteiger partial charge on any atom is -0.383 e. The molecule has 1 aromatic heterocycles. The first kappa shape index (κ1) is 10.3. The number of pyridine rings is 1. The summed E-state index contributed by atoms with van der Waals surface area (Å²) in [5.41, 5.74) is 6.88. The molecule has 0 saturated carbocycles. The summed E-state index contributed by atoms with van der Waals surface area (Å²) in [6.45, 7) is 6.52. The summed E-state index contributed by atoms with van der Waals surface area (Å²) in [7, 11) is 0. The molecule has 3 heteroatoms. The van der Waals surface area contributed by atoms with Gasteiger partial charge in [0.25, 0.3) is 0 Å². The van der Waals surface area contributed by atoms with Gasteiger partial charge in [-0.1, -0.05) is 13.0 Å². The number of nitrogen functional groups attached to an aromatic ring is 1. The number of nitrogens with two attached hydrogens (primary N) is 1. The Bertz CT molecular complexity index is 341. The molecule has 2 heterocycles. The highest BCUT2D eigenvalue weighted by Crippen LogP contribution is 2.22. The van der Waals surface area contributed by atoms with E-state index in [1.807, 2.05) is 6.92 Å². The zero-order chi connectivity index (χ0) is 10.8. The molecule has 3 nitrogen and oxygen atoms in total. The minimum atomic E-state index is 0.658. The molecule has 0 unspecified atom stereocenters. The van der Waals surface area contributed by atoms with E-state index in [4.69, 9.17) is 5.73 Å². The Morgan fingerprint density at radius 3 is 2.60 bits per heavy atom. The van der Waals surface area contributed by atoms with Crippen LogP contribution in [0.2, 0.25) is 0 Å². The van der Waals surface area contributed by atoms with Crippen LogP contribution >= 0.6 is 0 Å². The van der Waals surface area contributed by atoms with Gasteiger partial charge in [-0.05, 0) is 37.3 Å². The Balaban J connectivity index is 2.12. The number of nitrogens with zero attached hydrogens (tertiary/aromatic N) is 2. The van der Waals surface area contributed by atoms with Gasteiger partial charge in [0.15, 0.2) is 0 Å². The molecule has 1 fully saturated rings. The SMILES string of the molecule is Cc1ccc(N2CCC(C)CC2)nc1N. The van der Waals surface area contributed by atoms with Gasteiger partial charge < -0.3 is 10.6 Å². The smallest absolute Gasteiger partial charge is 0.130 e. The van der Waals surface area contributed by atoms with Crippen molar-refractivity contribution in [2.45, 2.75) is 26.7 Å². The number of piperidine rings is 1. The van der Waals surface area contributed by atoms with Crippen LogP contribution in [0.15, 0.2) is 12.1 Å². The quantitative estimate of drug-likeness (QED) is 0.764. The summed E-state index contributed by atoms with van der Waals surface area (Å²) in [5, 5.41) is 0. The molecule has 1 aromatic rings. The highest BCUT2D eigenvalue weighted by molar-refractivity contribution is 5.49. The average Bonchev–Trinajstić information content (AvgIpc) is 2.23. The van der Waals surface area contributed by atoms with Crippen molar-refractivity contribution in [2.24, 2.45) is 5.92 Å². The van der Waals surface area contributed by atoms with E-state index in [0.29, 0.717) is 5.82 Å². The summed E-state index contributed by atoms with van der Waals surface area (Å²) in [4.78, 5) is 6.75. The number of hydrogen-bond acceptors (Lipinski definition) is 3. The Hall–Kier alpha value is -1.25. The van der Waals surface area contributed by atoms with Crippen molar-refractivity contribution in [2.75, 3.05) is 23.7 Å². The van der Waals surface area contributed by atoms with E-state index < -0.39 is 0 Å². The van der Waals surface area contributed by atoms with E-state index in [1.54, 1.807) is 0 Å². The fourth-order valence-corrected chi connectivity index (χ4v) is 1.95. The lowest BCUT2D eigenvalue weighted by Gasteiger charge is -2.31. The average molecular weight is 205 g/mol. The van der Waals surface area contributed by atoms with Crippen LogP contribution < -0.4 is 10.6 Å². The van der Waals surface area contributed by atoms with Crippen molar-refractivity contribution >= 4 is 11.6 Å². The van der Waals surface area contributed by atoms with Crippen molar-refractivity contribution < 1.29 is 0 Å². The zero-order valence-corrected chi connectivity index (χ0v) is 9.53. The first-order valence-corrected chi connectivity index (χ1v) is 5.65. The van der Waals surface area contributed by atoms with Crippen LogP contribution in [0.1, 0.15) is 25.3 Å². The van der Waals surface area contributed by atoms with Gasteiger partial charge in [0.1, 0.15) is 11.6 Å². The molecule has 0 atom stereocenters. The van der Waals surface area contributed by atoms with Gasteiger partial charge in [0.2, 0.25) is 0 Å². The van der Waals surface area contributed by atoms with Gasteiger partial charge in [-0.3, -0.25) is 0 Å². The van der Waals surface area contributed by atoms with Crippen molar-refractivity contribution in [3.05, 3.63) is 17.7 Å². The number of aryl methyl sites for hydroxylation is 1. The summed E-state index contributed by atoms with van der Waals surface area (Å²) < 4.78 is 0. The Kier molecular flexibility index (Phi) is 2.80. The minimum absolute atomic E-state index is 0.658. The maximum Gasteiger partial charge on any atom is 0.130 e. The molecule has 82 valence electrons. The second kappa shape index (κ2) is 4.09. The summed E-state index contributed by atoms with van der Waals surface area (Å²) in [6.07, 6.45) is 2.52. The second-order valence-electron chi connectivity index (χ2n) is 4.54. The molecular weight excluding hydrogens is 186 g/mol. The maximum absolute atomic E-state index is 5.82. The topological polar surface area (TPSA) is 42.2 Å². The first-order valence-electron chi connectivity index (χ1n) is 5.65. The molecule has 15 heavy (non-hydrogen) atoms. The zero-order valence-electron chi connectivity index (χ0n) is 9.53. The largest absolute Gasteiger partial charge is 0.383 e. The molecule has 0 radical (unpaired) electrons. The summed E-state index contributed by atoms with van der Waals surface area (Å²) in [5.74, 6) is 2.54. The predicted octanol–water partition coefficient (Wildman–Crippen LogP) is 2.21. The van der Waals surface area contributed by atoms with Crippen LogP contribution in [0.4, 0.5) is 11.6 Å². The van der Waals surface area contributed by atoms with Crippen molar-refractivity contribution in [1.82, 2.24) is 4.98 Å². The van der Waals surface area contributed by atoms with E-state index in [-0.39, 0.29) is 0 Å². The molecule has 0 aromatic carbocycles. The number of rotatable bonds is 1. The molecule has 0 bridgehead atoms. The fourth-order valence-electron chi connectivity index (χ4n) is 1.95. The number of hydrogen-bond donors (Lipinski definition) is 1. The Labute approximate surface area is 91.3 Å². The predicted molar refractivity (Wildman–Crippen MR) is 64.0 cm³/mol. The van der Waals surface area contributed by atoms with Gasteiger partial charge in [0, 0.05) is 13.1 Å². The van der Waals surface area contributed by atoms with Gasteiger partial charge >= 0.3 is 0 Å². The molecule has 0 amide bonds. The third-order valence-corrected chi connectivity index (χ3v) is 3.23. The van der Waals surface area contributed by atoms with E-state index in [0.717, 1.165) is 30.4 Å². The van der Waals surface area contributed by atoms with E-state index in [1.165, 1.54) is 12.8 Å². The van der Waals surface area contributed by atoms with Crippen molar-refractivity contribution in [3.8, 4) is 0 Å². The molecule has 1 aliphatic rings. The van der Waals surface area contributed by atoms with Crippen molar-refractivity contribution in [1.29, 1.82) is 0 Å². The van der Waals surface area contributed by atoms with Crippen LogP contribution in [0.5, 0.6) is 0 Å². The molecule has 2 rings (SSSR count). The Morgan fingerprint density at radius 2 is 2.00 bits per heavy atom. The van der Waals surface area contributed by atoms with Crippen LogP contribution in [-0.2, 0) is 0 Å². The van der Waals surface area contributed by atoms with Gasteiger partial charge in [-0.2, -0.15) is 0 Å². The highest BCUT2D eigenvalue weighted by atomic mass is 15.2. The van der Waals surface area contributed by atoms with Crippen LogP contribution in [0.25, 0.3) is 0 Å². The van der Waals surface area contributed by atoms with Gasteiger partial charge in [-0.15, -0.1) is 0 Å². The lowest BCUT2D eigenvalue weighted by atomic mass is 9.99. The third kappa shape index (κ3) is 2.22. The Morgan fingerprint density at radius 1 is 1.33 bits per heavy atom.